The highest BCUT2D eigenvalue weighted by atomic mass is 16.2. The summed E-state index contributed by atoms with van der Waals surface area (Å²) in [5.74, 6) is -0.311. The summed E-state index contributed by atoms with van der Waals surface area (Å²) < 4.78 is 0. The Hall–Kier alpha value is -1.90. The summed E-state index contributed by atoms with van der Waals surface area (Å²) in [7, 11) is 0. The number of allylic oxidation sites excluding steroid dienone is 1. The second-order valence-corrected chi connectivity index (χ2v) is 4.10. The largest absolute Gasteiger partial charge is 0.269 e. The number of carbonyl (C=O) groups is 2. The lowest BCUT2D eigenvalue weighted by molar-refractivity contribution is 0.0614. The van der Waals surface area contributed by atoms with Gasteiger partial charge in [0.05, 0.1) is 17.2 Å². The Bertz CT molecular complexity index is 469. The average Bonchev–Trinajstić information content (AvgIpc) is 2.89. The van der Waals surface area contributed by atoms with Crippen molar-refractivity contribution in [2.24, 2.45) is 0 Å². The number of imide groups is 1. The molecular formula is C13H11NO2. The molecule has 1 heterocycles. The van der Waals surface area contributed by atoms with Crippen LogP contribution in [0.1, 0.15) is 33.6 Å². The molecule has 0 saturated carbocycles. The van der Waals surface area contributed by atoms with E-state index in [0.29, 0.717) is 11.1 Å². The summed E-state index contributed by atoms with van der Waals surface area (Å²) in [5, 5.41) is 0. The maximum atomic E-state index is 12.1. The molecule has 2 aliphatic rings. The number of benzene rings is 1. The molecule has 0 N–H and O–H groups in total. The average molecular weight is 213 g/mol. The highest BCUT2D eigenvalue weighted by molar-refractivity contribution is 6.21. The lowest BCUT2D eigenvalue weighted by Crippen LogP contribution is -2.37. The van der Waals surface area contributed by atoms with Crippen molar-refractivity contribution < 1.29 is 9.59 Å². The van der Waals surface area contributed by atoms with E-state index in [4.69, 9.17) is 0 Å². The molecule has 0 spiro atoms. The molecule has 0 fully saturated rings. The first-order valence-electron chi connectivity index (χ1n) is 5.42. The molecule has 0 saturated heterocycles. The minimum absolute atomic E-state index is 0.0487. The number of hydrogen-bond donors (Lipinski definition) is 0. The van der Waals surface area contributed by atoms with E-state index >= 15 is 0 Å². The van der Waals surface area contributed by atoms with Gasteiger partial charge in [-0.1, -0.05) is 24.3 Å². The second-order valence-electron chi connectivity index (χ2n) is 4.10. The number of rotatable bonds is 1. The minimum Gasteiger partial charge on any atom is -0.269 e. The summed E-state index contributed by atoms with van der Waals surface area (Å²) >= 11 is 0. The third kappa shape index (κ3) is 1.14. The van der Waals surface area contributed by atoms with Crippen molar-refractivity contribution in [3.8, 4) is 0 Å². The van der Waals surface area contributed by atoms with Crippen LogP contribution in [0.25, 0.3) is 0 Å². The van der Waals surface area contributed by atoms with Crippen LogP contribution in [-0.4, -0.2) is 22.8 Å². The fourth-order valence-corrected chi connectivity index (χ4v) is 2.34. The predicted octanol–water partition coefficient (Wildman–Crippen LogP) is 2.00. The van der Waals surface area contributed by atoms with Crippen LogP contribution in [0.15, 0.2) is 36.4 Å². The minimum atomic E-state index is -0.155. The van der Waals surface area contributed by atoms with Crippen LogP contribution >= 0.6 is 0 Å². The van der Waals surface area contributed by atoms with Crippen molar-refractivity contribution in [1.29, 1.82) is 0 Å². The van der Waals surface area contributed by atoms with Crippen LogP contribution in [0.5, 0.6) is 0 Å². The molecule has 3 heteroatoms. The van der Waals surface area contributed by atoms with Crippen LogP contribution in [0.3, 0.4) is 0 Å². The molecule has 80 valence electrons. The lowest BCUT2D eigenvalue weighted by atomic mass is 10.1. The summed E-state index contributed by atoms with van der Waals surface area (Å²) in [6.45, 7) is 0. The Morgan fingerprint density at radius 1 is 1.06 bits per heavy atom. The van der Waals surface area contributed by atoms with Crippen LogP contribution < -0.4 is 0 Å². The molecule has 0 aromatic heterocycles. The molecule has 1 aromatic carbocycles. The van der Waals surface area contributed by atoms with Gasteiger partial charge in [-0.2, -0.15) is 0 Å². The highest BCUT2D eigenvalue weighted by Gasteiger charge is 2.39. The van der Waals surface area contributed by atoms with Crippen LogP contribution in [0, 0.1) is 0 Å². The molecule has 0 radical (unpaired) electrons. The summed E-state index contributed by atoms with van der Waals surface area (Å²) in [4.78, 5) is 25.5. The summed E-state index contributed by atoms with van der Waals surface area (Å²) in [6.07, 6.45) is 5.76. The zero-order valence-electron chi connectivity index (χ0n) is 8.72. The standard InChI is InChI=1S/C13H11NO2/c15-12-10-7-3-4-8-11(10)13(16)14(12)9-5-1-2-6-9/h1,3-5,7-9H,2,6H2/t9-/m0/s1. The van der Waals surface area contributed by atoms with Gasteiger partial charge in [0, 0.05) is 0 Å². The number of hydrogen-bond acceptors (Lipinski definition) is 2. The van der Waals surface area contributed by atoms with Crippen LogP contribution in [-0.2, 0) is 0 Å². The Balaban J connectivity index is 2.04. The molecular weight excluding hydrogens is 202 g/mol. The Morgan fingerprint density at radius 2 is 1.69 bits per heavy atom. The topological polar surface area (TPSA) is 37.4 Å². The van der Waals surface area contributed by atoms with E-state index in [1.165, 1.54) is 4.90 Å². The van der Waals surface area contributed by atoms with Crippen LogP contribution in [0.4, 0.5) is 0 Å². The molecule has 3 nitrogen and oxygen atoms in total. The normalized spacial score (nSPS) is 23.0. The van der Waals surface area contributed by atoms with Crippen molar-refractivity contribution in [1.82, 2.24) is 4.90 Å². The van der Waals surface area contributed by atoms with Gasteiger partial charge in [-0.3, -0.25) is 14.5 Å². The molecule has 1 aliphatic carbocycles. The van der Waals surface area contributed by atoms with Crippen molar-refractivity contribution in [3.05, 3.63) is 47.5 Å². The first-order chi connectivity index (χ1) is 7.79. The molecule has 2 amide bonds. The predicted molar refractivity (Wildman–Crippen MR) is 59.1 cm³/mol. The zero-order valence-corrected chi connectivity index (χ0v) is 8.72. The maximum Gasteiger partial charge on any atom is 0.262 e. The molecule has 1 atom stereocenters. The molecule has 1 aliphatic heterocycles. The third-order valence-corrected chi connectivity index (χ3v) is 3.14. The van der Waals surface area contributed by atoms with Gasteiger partial charge in [0.25, 0.3) is 11.8 Å². The van der Waals surface area contributed by atoms with Crippen molar-refractivity contribution in [3.63, 3.8) is 0 Å². The third-order valence-electron chi connectivity index (χ3n) is 3.14. The van der Waals surface area contributed by atoms with Gasteiger partial charge >= 0.3 is 0 Å². The van der Waals surface area contributed by atoms with E-state index in [2.05, 4.69) is 0 Å². The number of fused-ring (bicyclic) bond motifs is 1. The SMILES string of the molecule is O=C1c2ccccc2C(=O)N1[C@H]1C=CCC1. The fourth-order valence-electron chi connectivity index (χ4n) is 2.34. The van der Waals surface area contributed by atoms with Gasteiger partial charge < -0.3 is 0 Å². The highest BCUT2D eigenvalue weighted by Crippen LogP contribution is 2.28. The van der Waals surface area contributed by atoms with E-state index in [9.17, 15) is 9.59 Å². The summed E-state index contributed by atoms with van der Waals surface area (Å²) in [5.41, 5.74) is 1.07. The quantitative estimate of drug-likeness (QED) is 0.528. The Labute approximate surface area is 93.4 Å². The van der Waals surface area contributed by atoms with E-state index in [1.54, 1.807) is 24.3 Å². The number of carbonyl (C=O) groups excluding carboxylic acids is 2. The van der Waals surface area contributed by atoms with Crippen LogP contribution in [0.2, 0.25) is 0 Å². The van der Waals surface area contributed by atoms with E-state index < -0.39 is 0 Å². The first-order valence-corrected chi connectivity index (χ1v) is 5.42. The molecule has 0 unspecified atom stereocenters. The molecule has 16 heavy (non-hydrogen) atoms. The maximum absolute atomic E-state index is 12.1. The second kappa shape index (κ2) is 3.30. The summed E-state index contributed by atoms with van der Waals surface area (Å²) in [6, 6.07) is 6.96. The molecule has 1 aromatic rings. The van der Waals surface area contributed by atoms with E-state index in [1.807, 2.05) is 12.2 Å². The van der Waals surface area contributed by atoms with Gasteiger partial charge in [-0.05, 0) is 25.0 Å². The number of amides is 2. The smallest absolute Gasteiger partial charge is 0.262 e. The van der Waals surface area contributed by atoms with Gasteiger partial charge in [0.2, 0.25) is 0 Å². The van der Waals surface area contributed by atoms with E-state index in [0.717, 1.165) is 12.8 Å². The Morgan fingerprint density at radius 3 is 2.19 bits per heavy atom. The van der Waals surface area contributed by atoms with E-state index in [-0.39, 0.29) is 17.9 Å². The van der Waals surface area contributed by atoms with Gasteiger partial charge in [0.1, 0.15) is 0 Å². The number of nitrogens with zero attached hydrogens (tertiary/aromatic N) is 1. The zero-order chi connectivity index (χ0) is 11.1. The fraction of sp³-hybridized carbons (Fsp3) is 0.231. The molecule has 3 rings (SSSR count). The lowest BCUT2D eigenvalue weighted by Gasteiger charge is -2.19. The Kier molecular flexibility index (Phi) is 1.93. The van der Waals surface area contributed by atoms with Crippen molar-refractivity contribution >= 4 is 11.8 Å². The van der Waals surface area contributed by atoms with Crippen molar-refractivity contribution in [2.75, 3.05) is 0 Å². The molecule has 0 bridgehead atoms. The van der Waals surface area contributed by atoms with Gasteiger partial charge in [0.15, 0.2) is 0 Å². The monoisotopic (exact) mass is 213 g/mol. The van der Waals surface area contributed by atoms with Gasteiger partial charge in [-0.25, -0.2) is 0 Å². The first kappa shape index (κ1) is 9.33. The van der Waals surface area contributed by atoms with Crippen molar-refractivity contribution in [2.45, 2.75) is 18.9 Å². The van der Waals surface area contributed by atoms with Gasteiger partial charge in [-0.15, -0.1) is 0 Å².